The Hall–Kier alpha value is -0.570. The summed E-state index contributed by atoms with van der Waals surface area (Å²) in [6.45, 7) is 3.58. The minimum Gasteiger partial charge on any atom is -0.356 e. The van der Waals surface area contributed by atoms with Crippen molar-refractivity contribution < 1.29 is 4.79 Å². The minimum atomic E-state index is -0.0806. The van der Waals surface area contributed by atoms with Gasteiger partial charge in [0.15, 0.2) is 0 Å². The number of amides is 1. The van der Waals surface area contributed by atoms with E-state index in [0.29, 0.717) is 6.54 Å². The molecule has 1 aliphatic rings. The van der Waals surface area contributed by atoms with Crippen LogP contribution < -0.4 is 11.1 Å². The molecule has 14 heavy (non-hydrogen) atoms. The van der Waals surface area contributed by atoms with Crippen LogP contribution in [0.3, 0.4) is 0 Å². The maximum Gasteiger partial charge on any atom is 0.225 e. The van der Waals surface area contributed by atoms with Gasteiger partial charge in [-0.15, -0.1) is 0 Å². The molecule has 0 aliphatic heterocycles. The van der Waals surface area contributed by atoms with E-state index in [0.717, 1.165) is 32.2 Å². The molecule has 1 fully saturated rings. The highest BCUT2D eigenvalue weighted by Gasteiger charge is 2.35. The smallest absolute Gasteiger partial charge is 0.225 e. The highest BCUT2D eigenvalue weighted by molar-refractivity contribution is 5.82. The maximum atomic E-state index is 11.8. The summed E-state index contributed by atoms with van der Waals surface area (Å²) in [5.74, 6) is 0.243. The fourth-order valence-corrected chi connectivity index (χ4v) is 2.07. The van der Waals surface area contributed by atoms with Crippen LogP contribution in [0.2, 0.25) is 0 Å². The average Bonchev–Trinajstić information content (AvgIpc) is 2.61. The Morgan fingerprint density at radius 3 is 2.57 bits per heavy atom. The fourth-order valence-electron chi connectivity index (χ4n) is 2.07. The maximum absolute atomic E-state index is 11.8. The van der Waals surface area contributed by atoms with Gasteiger partial charge in [-0.2, -0.15) is 0 Å². The summed E-state index contributed by atoms with van der Waals surface area (Å²) < 4.78 is 0. The molecule has 0 aromatic rings. The molecule has 1 aliphatic carbocycles. The van der Waals surface area contributed by atoms with E-state index < -0.39 is 0 Å². The summed E-state index contributed by atoms with van der Waals surface area (Å²) >= 11 is 0. The van der Waals surface area contributed by atoms with E-state index in [9.17, 15) is 4.79 Å². The van der Waals surface area contributed by atoms with Crippen molar-refractivity contribution >= 4 is 5.91 Å². The number of carbonyl (C=O) groups excluding carboxylic acids is 1. The normalized spacial score (nSPS) is 19.6. The number of hydrogen-bond acceptors (Lipinski definition) is 2. The van der Waals surface area contributed by atoms with Crippen LogP contribution in [0.25, 0.3) is 0 Å². The SMILES string of the molecule is CC1(C(=O)NCCCCN)CCCC1. The van der Waals surface area contributed by atoms with E-state index in [1.54, 1.807) is 0 Å². The lowest BCUT2D eigenvalue weighted by molar-refractivity contribution is -0.129. The van der Waals surface area contributed by atoms with Gasteiger partial charge in [0.05, 0.1) is 0 Å². The van der Waals surface area contributed by atoms with Crippen molar-refractivity contribution in [3.05, 3.63) is 0 Å². The van der Waals surface area contributed by atoms with Gasteiger partial charge in [-0.1, -0.05) is 19.8 Å². The second-order valence-corrected chi connectivity index (χ2v) is 4.52. The minimum absolute atomic E-state index is 0.0806. The summed E-state index contributed by atoms with van der Waals surface area (Å²) in [7, 11) is 0. The van der Waals surface area contributed by atoms with E-state index in [1.807, 2.05) is 0 Å². The predicted octanol–water partition coefficient (Wildman–Crippen LogP) is 1.42. The summed E-state index contributed by atoms with van der Waals surface area (Å²) in [4.78, 5) is 11.8. The highest BCUT2D eigenvalue weighted by atomic mass is 16.2. The van der Waals surface area contributed by atoms with Gasteiger partial charge in [-0.25, -0.2) is 0 Å². The molecule has 3 heteroatoms. The lowest BCUT2D eigenvalue weighted by Crippen LogP contribution is -2.37. The quantitative estimate of drug-likeness (QED) is 0.656. The third kappa shape index (κ3) is 2.98. The van der Waals surface area contributed by atoms with Crippen LogP contribution in [0.15, 0.2) is 0 Å². The second kappa shape index (κ2) is 5.35. The van der Waals surface area contributed by atoms with Crippen molar-refractivity contribution in [1.29, 1.82) is 0 Å². The predicted molar refractivity (Wildman–Crippen MR) is 57.9 cm³/mol. The zero-order valence-corrected chi connectivity index (χ0v) is 9.14. The lowest BCUT2D eigenvalue weighted by Gasteiger charge is -2.22. The summed E-state index contributed by atoms with van der Waals surface area (Å²) in [5.41, 5.74) is 5.30. The summed E-state index contributed by atoms with van der Waals surface area (Å²) in [6.07, 6.45) is 6.50. The topological polar surface area (TPSA) is 55.1 Å². The molecule has 1 saturated carbocycles. The molecular weight excluding hydrogens is 176 g/mol. The zero-order valence-electron chi connectivity index (χ0n) is 9.14. The summed E-state index contributed by atoms with van der Waals surface area (Å²) in [6, 6.07) is 0. The number of carbonyl (C=O) groups is 1. The Balaban J connectivity index is 2.20. The first-order valence-corrected chi connectivity index (χ1v) is 5.67. The van der Waals surface area contributed by atoms with Gasteiger partial charge in [0, 0.05) is 12.0 Å². The van der Waals surface area contributed by atoms with Gasteiger partial charge >= 0.3 is 0 Å². The van der Waals surface area contributed by atoms with E-state index >= 15 is 0 Å². The van der Waals surface area contributed by atoms with Crippen molar-refractivity contribution in [2.24, 2.45) is 11.1 Å². The van der Waals surface area contributed by atoms with Crippen LogP contribution in [0.1, 0.15) is 45.4 Å². The van der Waals surface area contributed by atoms with Gasteiger partial charge in [-0.3, -0.25) is 4.79 Å². The van der Waals surface area contributed by atoms with Crippen molar-refractivity contribution in [2.45, 2.75) is 45.4 Å². The number of nitrogens with one attached hydrogen (secondary N) is 1. The van der Waals surface area contributed by atoms with E-state index in [1.165, 1.54) is 12.8 Å². The van der Waals surface area contributed by atoms with Gasteiger partial charge in [0.25, 0.3) is 0 Å². The number of unbranched alkanes of at least 4 members (excludes halogenated alkanes) is 1. The first kappa shape index (κ1) is 11.5. The molecule has 0 spiro atoms. The molecule has 0 unspecified atom stereocenters. The van der Waals surface area contributed by atoms with Crippen LogP contribution in [-0.4, -0.2) is 19.0 Å². The lowest BCUT2D eigenvalue weighted by atomic mass is 9.88. The first-order valence-electron chi connectivity index (χ1n) is 5.67. The van der Waals surface area contributed by atoms with Crippen LogP contribution in [0.5, 0.6) is 0 Å². The van der Waals surface area contributed by atoms with Gasteiger partial charge in [0.1, 0.15) is 0 Å². The zero-order chi connectivity index (χ0) is 10.4. The molecule has 0 aromatic heterocycles. The molecule has 1 amide bonds. The molecule has 0 radical (unpaired) electrons. The Labute approximate surface area is 86.4 Å². The van der Waals surface area contributed by atoms with Crippen LogP contribution in [0, 0.1) is 5.41 Å². The van der Waals surface area contributed by atoms with Crippen molar-refractivity contribution in [2.75, 3.05) is 13.1 Å². The Kier molecular flexibility index (Phi) is 4.39. The van der Waals surface area contributed by atoms with Gasteiger partial charge in [0.2, 0.25) is 5.91 Å². The molecule has 0 aromatic carbocycles. The third-order valence-electron chi connectivity index (χ3n) is 3.17. The monoisotopic (exact) mass is 198 g/mol. The Bertz CT molecular complexity index is 186. The summed E-state index contributed by atoms with van der Waals surface area (Å²) in [5, 5.41) is 3.01. The number of hydrogen-bond donors (Lipinski definition) is 2. The largest absolute Gasteiger partial charge is 0.356 e. The molecule has 0 saturated heterocycles. The van der Waals surface area contributed by atoms with Crippen molar-refractivity contribution in [3.63, 3.8) is 0 Å². The highest BCUT2D eigenvalue weighted by Crippen LogP contribution is 2.37. The Morgan fingerprint density at radius 1 is 1.36 bits per heavy atom. The molecule has 0 atom stereocenters. The average molecular weight is 198 g/mol. The second-order valence-electron chi connectivity index (χ2n) is 4.52. The molecule has 3 nitrogen and oxygen atoms in total. The van der Waals surface area contributed by atoms with E-state index in [-0.39, 0.29) is 11.3 Å². The van der Waals surface area contributed by atoms with Crippen LogP contribution >= 0.6 is 0 Å². The fraction of sp³-hybridized carbons (Fsp3) is 0.909. The number of rotatable bonds is 5. The standard InChI is InChI=1S/C11H22N2O/c1-11(6-2-3-7-11)10(14)13-9-5-4-8-12/h2-9,12H2,1H3,(H,13,14). The molecule has 1 rings (SSSR count). The molecule has 82 valence electrons. The van der Waals surface area contributed by atoms with Crippen LogP contribution in [0.4, 0.5) is 0 Å². The third-order valence-corrected chi connectivity index (χ3v) is 3.17. The first-order chi connectivity index (χ1) is 6.69. The molecule has 0 bridgehead atoms. The van der Waals surface area contributed by atoms with E-state index in [4.69, 9.17) is 5.73 Å². The molecular formula is C11H22N2O. The Morgan fingerprint density at radius 2 is 2.00 bits per heavy atom. The van der Waals surface area contributed by atoms with Crippen molar-refractivity contribution in [1.82, 2.24) is 5.32 Å². The van der Waals surface area contributed by atoms with Gasteiger partial charge in [-0.05, 0) is 32.2 Å². The molecule has 0 heterocycles. The van der Waals surface area contributed by atoms with Crippen LogP contribution in [-0.2, 0) is 4.79 Å². The molecule has 3 N–H and O–H groups in total. The van der Waals surface area contributed by atoms with E-state index in [2.05, 4.69) is 12.2 Å². The van der Waals surface area contributed by atoms with Crippen molar-refractivity contribution in [3.8, 4) is 0 Å². The number of nitrogens with two attached hydrogens (primary N) is 1. The van der Waals surface area contributed by atoms with Gasteiger partial charge < -0.3 is 11.1 Å².